The Hall–Kier alpha value is -3.35. The largest absolute Gasteiger partial charge is 0.493 e. The lowest BCUT2D eigenvalue weighted by Crippen LogP contribution is -2.30. The molecule has 7 heteroatoms. The number of benzene rings is 2. The number of nitrogens with zero attached hydrogens (tertiary/aromatic N) is 1. The van der Waals surface area contributed by atoms with Crippen LogP contribution in [0, 0.1) is 6.92 Å². The highest BCUT2D eigenvalue weighted by Crippen LogP contribution is 2.27. The first kappa shape index (κ1) is 20.4. The van der Waals surface area contributed by atoms with E-state index in [1.54, 1.807) is 30.3 Å². The molecule has 152 valence electrons. The molecule has 0 N–H and O–H groups in total. The van der Waals surface area contributed by atoms with Crippen molar-refractivity contribution in [3.05, 3.63) is 59.2 Å². The number of ether oxygens (including phenoxy) is 3. The molecule has 0 bridgehead atoms. The van der Waals surface area contributed by atoms with Crippen LogP contribution in [0.4, 0.5) is 0 Å². The zero-order valence-electron chi connectivity index (χ0n) is 16.5. The van der Waals surface area contributed by atoms with Gasteiger partial charge in [-0.3, -0.25) is 14.5 Å². The van der Waals surface area contributed by atoms with E-state index in [2.05, 4.69) is 0 Å². The third-order valence-corrected chi connectivity index (χ3v) is 4.58. The van der Waals surface area contributed by atoms with Crippen molar-refractivity contribution >= 4 is 17.8 Å². The standard InChI is InChI=1S/C22H23NO6/c1-15-9-10-18(19(13-15)27-2)29-14-20(24)28-12-6-5-11-23-21(25)16-7-3-4-8-17(16)22(23)26/h3-4,7-10,13H,5-6,11-12,14H2,1-2H3. The van der Waals surface area contributed by atoms with Crippen molar-refractivity contribution in [3.8, 4) is 11.5 Å². The third-order valence-electron chi connectivity index (χ3n) is 4.58. The minimum Gasteiger partial charge on any atom is -0.493 e. The fourth-order valence-electron chi connectivity index (χ4n) is 3.07. The van der Waals surface area contributed by atoms with Gasteiger partial charge in [0, 0.05) is 6.54 Å². The molecular formula is C22H23NO6. The van der Waals surface area contributed by atoms with Crippen molar-refractivity contribution in [1.82, 2.24) is 4.90 Å². The van der Waals surface area contributed by atoms with Gasteiger partial charge in [0.05, 0.1) is 24.8 Å². The lowest BCUT2D eigenvalue weighted by Gasteiger charge is -2.13. The van der Waals surface area contributed by atoms with E-state index in [9.17, 15) is 14.4 Å². The first-order chi connectivity index (χ1) is 14.0. The maximum Gasteiger partial charge on any atom is 0.344 e. The lowest BCUT2D eigenvalue weighted by molar-refractivity contribution is -0.146. The van der Waals surface area contributed by atoms with Gasteiger partial charge in [0.15, 0.2) is 18.1 Å². The van der Waals surface area contributed by atoms with Gasteiger partial charge in [0.25, 0.3) is 11.8 Å². The number of amides is 2. The molecule has 0 radical (unpaired) electrons. The second-order valence-electron chi connectivity index (χ2n) is 6.68. The average molecular weight is 397 g/mol. The maximum atomic E-state index is 12.3. The molecule has 1 heterocycles. The van der Waals surface area contributed by atoms with Gasteiger partial charge in [-0.2, -0.15) is 0 Å². The Balaban J connectivity index is 1.37. The van der Waals surface area contributed by atoms with Gasteiger partial charge >= 0.3 is 5.97 Å². The van der Waals surface area contributed by atoms with Crippen molar-refractivity contribution in [2.75, 3.05) is 26.9 Å². The second kappa shape index (κ2) is 9.23. The molecular weight excluding hydrogens is 374 g/mol. The Morgan fingerprint density at radius 2 is 1.66 bits per heavy atom. The SMILES string of the molecule is COc1cc(C)ccc1OCC(=O)OCCCCN1C(=O)c2ccccc2C1=O. The molecule has 0 aromatic heterocycles. The van der Waals surface area contributed by atoms with E-state index in [4.69, 9.17) is 14.2 Å². The highest BCUT2D eigenvalue weighted by atomic mass is 16.6. The van der Waals surface area contributed by atoms with E-state index in [-0.39, 0.29) is 25.0 Å². The number of aryl methyl sites for hydroxylation is 1. The van der Waals surface area contributed by atoms with Crippen LogP contribution in [0.2, 0.25) is 0 Å². The number of carbonyl (C=O) groups is 3. The Bertz CT molecular complexity index is 888. The van der Waals surface area contributed by atoms with Crippen LogP contribution >= 0.6 is 0 Å². The van der Waals surface area contributed by atoms with Gasteiger partial charge in [0.2, 0.25) is 0 Å². The van der Waals surface area contributed by atoms with Crippen LogP contribution in [0.3, 0.4) is 0 Å². The van der Waals surface area contributed by atoms with Gasteiger partial charge < -0.3 is 14.2 Å². The van der Waals surface area contributed by atoms with Gasteiger partial charge in [-0.1, -0.05) is 18.2 Å². The fraction of sp³-hybridized carbons (Fsp3) is 0.318. The Labute approximate surface area is 169 Å². The summed E-state index contributed by atoms with van der Waals surface area (Å²) in [6.45, 7) is 2.19. The highest BCUT2D eigenvalue weighted by Gasteiger charge is 2.34. The zero-order valence-corrected chi connectivity index (χ0v) is 16.5. The normalized spacial score (nSPS) is 12.7. The molecule has 0 aliphatic carbocycles. The molecule has 1 aliphatic rings. The van der Waals surface area contributed by atoms with Crippen LogP contribution < -0.4 is 9.47 Å². The van der Waals surface area contributed by atoms with Gasteiger partial charge in [-0.15, -0.1) is 0 Å². The fourth-order valence-corrected chi connectivity index (χ4v) is 3.07. The van der Waals surface area contributed by atoms with Crippen molar-refractivity contribution in [3.63, 3.8) is 0 Å². The van der Waals surface area contributed by atoms with E-state index < -0.39 is 5.97 Å². The van der Waals surface area contributed by atoms with Crippen LogP contribution in [0.1, 0.15) is 39.1 Å². The predicted octanol–water partition coefficient (Wildman–Crippen LogP) is 3.00. The predicted molar refractivity (Wildman–Crippen MR) is 105 cm³/mol. The topological polar surface area (TPSA) is 82.1 Å². The van der Waals surface area contributed by atoms with Crippen molar-refractivity contribution in [2.24, 2.45) is 0 Å². The van der Waals surface area contributed by atoms with Crippen LogP contribution in [0.25, 0.3) is 0 Å². The number of carbonyl (C=O) groups excluding carboxylic acids is 3. The van der Waals surface area contributed by atoms with Crippen LogP contribution in [-0.4, -0.2) is 49.6 Å². The van der Waals surface area contributed by atoms with Crippen LogP contribution in [0.15, 0.2) is 42.5 Å². The zero-order chi connectivity index (χ0) is 20.8. The lowest BCUT2D eigenvalue weighted by atomic mass is 10.1. The summed E-state index contributed by atoms with van der Waals surface area (Å²) in [6.07, 6.45) is 1.08. The highest BCUT2D eigenvalue weighted by molar-refractivity contribution is 6.21. The molecule has 0 saturated heterocycles. The van der Waals surface area contributed by atoms with E-state index in [1.807, 2.05) is 19.1 Å². The third kappa shape index (κ3) is 4.74. The van der Waals surface area contributed by atoms with E-state index >= 15 is 0 Å². The molecule has 0 spiro atoms. The molecule has 2 aromatic carbocycles. The number of unbranched alkanes of at least 4 members (excludes halogenated alkanes) is 1. The Kier molecular flexibility index (Phi) is 6.49. The van der Waals surface area contributed by atoms with Gasteiger partial charge in [-0.05, 0) is 49.6 Å². The van der Waals surface area contributed by atoms with Gasteiger partial charge in [-0.25, -0.2) is 4.79 Å². The molecule has 2 aromatic rings. The summed E-state index contributed by atoms with van der Waals surface area (Å²) in [6, 6.07) is 12.2. The smallest absolute Gasteiger partial charge is 0.344 e. The summed E-state index contributed by atoms with van der Waals surface area (Å²) in [5.74, 6) is -0.0149. The summed E-state index contributed by atoms with van der Waals surface area (Å²) < 4.78 is 15.8. The number of hydrogen-bond donors (Lipinski definition) is 0. The first-order valence-electron chi connectivity index (χ1n) is 9.39. The number of rotatable bonds is 9. The number of imide groups is 1. The van der Waals surface area contributed by atoms with Crippen LogP contribution in [0.5, 0.6) is 11.5 Å². The minimum absolute atomic E-state index is 0.191. The maximum absolute atomic E-state index is 12.3. The number of hydrogen-bond acceptors (Lipinski definition) is 6. The molecule has 0 saturated carbocycles. The first-order valence-corrected chi connectivity index (χ1v) is 9.39. The second-order valence-corrected chi connectivity index (χ2v) is 6.68. The van der Waals surface area contributed by atoms with Crippen LogP contribution in [-0.2, 0) is 9.53 Å². The van der Waals surface area contributed by atoms with E-state index in [1.165, 1.54) is 12.0 Å². The summed E-state index contributed by atoms with van der Waals surface area (Å²) >= 11 is 0. The summed E-state index contributed by atoms with van der Waals surface area (Å²) in [5, 5.41) is 0. The summed E-state index contributed by atoms with van der Waals surface area (Å²) in [7, 11) is 1.54. The minimum atomic E-state index is -0.492. The molecule has 0 fully saturated rings. The Morgan fingerprint density at radius 3 is 2.31 bits per heavy atom. The molecule has 0 atom stereocenters. The Morgan fingerprint density at radius 1 is 0.966 bits per heavy atom. The van der Waals surface area contributed by atoms with Crippen molar-refractivity contribution in [1.29, 1.82) is 0 Å². The molecule has 0 unspecified atom stereocenters. The number of methoxy groups -OCH3 is 1. The number of fused-ring (bicyclic) bond motifs is 1. The monoisotopic (exact) mass is 397 g/mol. The van der Waals surface area contributed by atoms with Gasteiger partial charge in [0.1, 0.15) is 0 Å². The van der Waals surface area contributed by atoms with E-state index in [0.29, 0.717) is 42.0 Å². The average Bonchev–Trinajstić information content (AvgIpc) is 2.97. The van der Waals surface area contributed by atoms with Crippen molar-refractivity contribution in [2.45, 2.75) is 19.8 Å². The molecule has 3 rings (SSSR count). The summed E-state index contributed by atoms with van der Waals surface area (Å²) in [4.78, 5) is 37.6. The molecule has 29 heavy (non-hydrogen) atoms. The molecule has 2 amide bonds. The molecule has 1 aliphatic heterocycles. The van der Waals surface area contributed by atoms with E-state index in [0.717, 1.165) is 5.56 Å². The van der Waals surface area contributed by atoms with Crippen molar-refractivity contribution < 1.29 is 28.6 Å². The number of esters is 1. The molecule has 7 nitrogen and oxygen atoms in total. The quantitative estimate of drug-likeness (QED) is 0.368. The summed E-state index contributed by atoms with van der Waals surface area (Å²) in [5.41, 5.74) is 1.90.